The molecule has 0 radical (unpaired) electrons. The molecule has 2 rings (SSSR count). The molecular weight excluding hydrogens is 204 g/mol. The second-order valence-corrected chi connectivity index (χ2v) is 5.51. The van der Waals surface area contributed by atoms with E-state index in [2.05, 4.69) is 6.92 Å². The number of nitrogens with zero attached hydrogens (tertiary/aromatic N) is 2. The highest BCUT2D eigenvalue weighted by atomic mass is 16.5. The van der Waals surface area contributed by atoms with Crippen molar-refractivity contribution in [3.05, 3.63) is 0 Å². The largest absolute Gasteiger partial charge is 0.314 e. The minimum atomic E-state index is 0.244. The van der Waals surface area contributed by atoms with Crippen LogP contribution in [0.15, 0.2) is 0 Å². The van der Waals surface area contributed by atoms with E-state index in [-0.39, 0.29) is 12.1 Å². The molecular formula is C12H24N2O2. The van der Waals surface area contributed by atoms with Gasteiger partial charge in [-0.2, -0.15) is 10.1 Å². The average Bonchev–Trinajstić information content (AvgIpc) is 2.25. The van der Waals surface area contributed by atoms with Crippen LogP contribution in [-0.4, -0.2) is 45.7 Å². The quantitative estimate of drug-likeness (QED) is 0.760. The summed E-state index contributed by atoms with van der Waals surface area (Å²) in [7, 11) is 0. The molecule has 2 aliphatic heterocycles. The highest BCUT2D eigenvalue weighted by Crippen LogP contribution is 2.27. The number of hydrogen-bond acceptors (Lipinski definition) is 4. The summed E-state index contributed by atoms with van der Waals surface area (Å²) in [4.78, 5) is 0. The van der Waals surface area contributed by atoms with Gasteiger partial charge < -0.3 is 10.4 Å². The molecule has 0 spiro atoms. The summed E-state index contributed by atoms with van der Waals surface area (Å²) < 4.78 is 0. The third kappa shape index (κ3) is 2.94. The Morgan fingerprint density at radius 3 is 2.44 bits per heavy atom. The number of rotatable bonds is 2. The van der Waals surface area contributed by atoms with E-state index in [0.717, 1.165) is 38.8 Å². The molecule has 2 fully saturated rings. The fraction of sp³-hybridized carbons (Fsp3) is 1.00. The normalized spacial score (nSPS) is 38.8. The molecule has 94 valence electrons. The highest BCUT2D eigenvalue weighted by molar-refractivity contribution is 4.81. The monoisotopic (exact) mass is 228 g/mol. The summed E-state index contributed by atoms with van der Waals surface area (Å²) in [5, 5.41) is 22.6. The fourth-order valence-electron chi connectivity index (χ4n) is 2.96. The predicted molar refractivity (Wildman–Crippen MR) is 61.4 cm³/mol. The van der Waals surface area contributed by atoms with Crippen LogP contribution in [0.25, 0.3) is 0 Å². The number of hydroxylamine groups is 4. The van der Waals surface area contributed by atoms with E-state index in [1.165, 1.54) is 23.0 Å². The zero-order chi connectivity index (χ0) is 11.5. The van der Waals surface area contributed by atoms with Gasteiger partial charge in [0, 0.05) is 25.2 Å². The first-order valence-corrected chi connectivity index (χ1v) is 6.58. The van der Waals surface area contributed by atoms with Gasteiger partial charge in [0.15, 0.2) is 0 Å². The molecule has 0 aromatic heterocycles. The van der Waals surface area contributed by atoms with Crippen molar-refractivity contribution in [2.24, 2.45) is 5.92 Å². The standard InChI is InChI=1S/C12H24N2O2/c1-10-5-6-12(14(16)9-10)8-11-4-2-3-7-13(11)15/h10-12,15-16H,2-9H2,1H3. The van der Waals surface area contributed by atoms with Crippen LogP contribution in [0.1, 0.15) is 45.4 Å². The summed E-state index contributed by atoms with van der Waals surface area (Å²) in [6, 6.07) is 0.496. The van der Waals surface area contributed by atoms with Crippen molar-refractivity contribution in [2.75, 3.05) is 13.1 Å². The zero-order valence-corrected chi connectivity index (χ0v) is 10.2. The summed E-state index contributed by atoms with van der Waals surface area (Å²) in [6.45, 7) is 3.75. The Balaban J connectivity index is 1.83. The van der Waals surface area contributed by atoms with Gasteiger partial charge in [-0.05, 0) is 38.0 Å². The number of piperidine rings is 2. The Bertz CT molecular complexity index is 225. The predicted octanol–water partition coefficient (Wildman–Crippen LogP) is 2.11. The molecule has 0 aromatic rings. The van der Waals surface area contributed by atoms with Crippen molar-refractivity contribution >= 4 is 0 Å². The van der Waals surface area contributed by atoms with Crippen LogP contribution in [0.4, 0.5) is 0 Å². The van der Waals surface area contributed by atoms with Crippen molar-refractivity contribution in [2.45, 2.75) is 57.5 Å². The van der Waals surface area contributed by atoms with E-state index < -0.39 is 0 Å². The maximum absolute atomic E-state index is 9.89. The van der Waals surface area contributed by atoms with E-state index in [0.29, 0.717) is 5.92 Å². The first-order valence-electron chi connectivity index (χ1n) is 6.58. The third-order valence-corrected chi connectivity index (χ3v) is 4.05. The SMILES string of the molecule is CC1CCC(CC2CCCCN2O)N(O)C1. The molecule has 0 aromatic carbocycles. The maximum atomic E-state index is 9.89. The van der Waals surface area contributed by atoms with Crippen LogP contribution in [0.2, 0.25) is 0 Å². The van der Waals surface area contributed by atoms with Crippen molar-refractivity contribution < 1.29 is 10.4 Å². The van der Waals surface area contributed by atoms with Crippen LogP contribution in [0, 0.1) is 5.92 Å². The highest BCUT2D eigenvalue weighted by Gasteiger charge is 2.30. The van der Waals surface area contributed by atoms with Crippen molar-refractivity contribution in [3.8, 4) is 0 Å². The maximum Gasteiger partial charge on any atom is 0.0366 e. The van der Waals surface area contributed by atoms with E-state index in [1.54, 1.807) is 0 Å². The molecule has 4 heteroatoms. The Morgan fingerprint density at radius 2 is 1.75 bits per heavy atom. The molecule has 0 saturated carbocycles. The lowest BCUT2D eigenvalue weighted by Crippen LogP contribution is -2.46. The number of hydrogen-bond donors (Lipinski definition) is 2. The average molecular weight is 228 g/mol. The Labute approximate surface area is 97.8 Å². The van der Waals surface area contributed by atoms with Gasteiger partial charge >= 0.3 is 0 Å². The van der Waals surface area contributed by atoms with Crippen LogP contribution >= 0.6 is 0 Å². The molecule has 0 amide bonds. The molecule has 2 heterocycles. The molecule has 2 aliphatic rings. The van der Waals surface area contributed by atoms with Gasteiger partial charge in [-0.25, -0.2) is 0 Å². The lowest BCUT2D eigenvalue weighted by molar-refractivity contribution is -0.183. The van der Waals surface area contributed by atoms with Crippen LogP contribution < -0.4 is 0 Å². The second-order valence-electron chi connectivity index (χ2n) is 5.51. The molecule has 3 atom stereocenters. The molecule has 0 aliphatic carbocycles. The van der Waals surface area contributed by atoms with E-state index in [9.17, 15) is 10.4 Å². The van der Waals surface area contributed by atoms with Crippen LogP contribution in [-0.2, 0) is 0 Å². The van der Waals surface area contributed by atoms with Gasteiger partial charge in [0.05, 0.1) is 0 Å². The summed E-state index contributed by atoms with van der Waals surface area (Å²) in [5.74, 6) is 0.595. The first kappa shape index (κ1) is 12.3. The molecule has 2 N–H and O–H groups in total. The van der Waals surface area contributed by atoms with Crippen LogP contribution in [0.5, 0.6) is 0 Å². The van der Waals surface area contributed by atoms with Crippen LogP contribution in [0.3, 0.4) is 0 Å². The Morgan fingerprint density at radius 1 is 1.00 bits per heavy atom. The topological polar surface area (TPSA) is 46.9 Å². The van der Waals surface area contributed by atoms with Gasteiger partial charge in [-0.1, -0.05) is 13.3 Å². The third-order valence-electron chi connectivity index (χ3n) is 4.05. The molecule has 3 unspecified atom stereocenters. The Kier molecular flexibility index (Phi) is 4.19. The lowest BCUT2D eigenvalue weighted by atomic mass is 9.89. The van der Waals surface area contributed by atoms with Crippen molar-refractivity contribution in [1.29, 1.82) is 0 Å². The molecule has 4 nitrogen and oxygen atoms in total. The van der Waals surface area contributed by atoms with E-state index in [1.807, 2.05) is 0 Å². The summed E-state index contributed by atoms with van der Waals surface area (Å²) >= 11 is 0. The van der Waals surface area contributed by atoms with Gasteiger partial charge in [-0.3, -0.25) is 0 Å². The van der Waals surface area contributed by atoms with E-state index >= 15 is 0 Å². The van der Waals surface area contributed by atoms with E-state index in [4.69, 9.17) is 0 Å². The Hall–Kier alpha value is -0.160. The van der Waals surface area contributed by atoms with Gasteiger partial charge in [0.25, 0.3) is 0 Å². The lowest BCUT2D eigenvalue weighted by Gasteiger charge is -2.38. The molecule has 16 heavy (non-hydrogen) atoms. The minimum absolute atomic E-state index is 0.244. The zero-order valence-electron chi connectivity index (χ0n) is 10.2. The summed E-state index contributed by atoms with van der Waals surface area (Å²) in [5.41, 5.74) is 0. The smallest absolute Gasteiger partial charge is 0.0366 e. The summed E-state index contributed by atoms with van der Waals surface area (Å²) in [6.07, 6.45) is 6.52. The van der Waals surface area contributed by atoms with Gasteiger partial charge in [0.2, 0.25) is 0 Å². The van der Waals surface area contributed by atoms with Crippen molar-refractivity contribution in [3.63, 3.8) is 0 Å². The molecule has 2 saturated heterocycles. The second kappa shape index (κ2) is 5.45. The van der Waals surface area contributed by atoms with Gasteiger partial charge in [-0.15, -0.1) is 0 Å². The first-order chi connectivity index (χ1) is 7.66. The van der Waals surface area contributed by atoms with Gasteiger partial charge in [0.1, 0.15) is 0 Å². The fourth-order valence-corrected chi connectivity index (χ4v) is 2.96. The van der Waals surface area contributed by atoms with Crippen molar-refractivity contribution in [1.82, 2.24) is 10.1 Å². The molecule has 0 bridgehead atoms. The minimum Gasteiger partial charge on any atom is -0.314 e.